The summed E-state index contributed by atoms with van der Waals surface area (Å²) in [5, 5.41) is 12.5. The lowest BCUT2D eigenvalue weighted by Gasteiger charge is -2.33. The second-order valence-corrected chi connectivity index (χ2v) is 6.73. The third-order valence-corrected chi connectivity index (χ3v) is 4.88. The molecule has 0 radical (unpaired) electrons. The highest BCUT2D eigenvalue weighted by Gasteiger charge is 2.37. The largest absolute Gasteiger partial charge is 0.480 e. The zero-order chi connectivity index (χ0) is 19.5. The number of carboxylic acid groups (broad SMARTS) is 1. The van der Waals surface area contributed by atoms with Gasteiger partial charge in [-0.25, -0.2) is 14.6 Å². The first kappa shape index (κ1) is 17.8. The summed E-state index contributed by atoms with van der Waals surface area (Å²) in [5.74, 6) is -1.03. The molecule has 2 heterocycles. The van der Waals surface area contributed by atoms with E-state index in [4.69, 9.17) is 0 Å². The summed E-state index contributed by atoms with van der Waals surface area (Å²) in [6.07, 6.45) is 1.94. The van der Waals surface area contributed by atoms with E-state index in [2.05, 4.69) is 10.3 Å². The Morgan fingerprint density at radius 3 is 2.43 bits per heavy atom. The van der Waals surface area contributed by atoms with E-state index >= 15 is 0 Å². The van der Waals surface area contributed by atoms with Gasteiger partial charge in [0.1, 0.15) is 6.04 Å². The second kappa shape index (κ2) is 7.56. The number of rotatable bonds is 4. The van der Waals surface area contributed by atoms with Gasteiger partial charge < -0.3 is 19.9 Å². The van der Waals surface area contributed by atoms with Gasteiger partial charge in [-0.3, -0.25) is 0 Å². The van der Waals surface area contributed by atoms with Crippen molar-refractivity contribution in [2.24, 2.45) is 0 Å². The molecule has 1 aliphatic rings. The predicted octanol–water partition coefficient (Wildman–Crippen LogP) is 2.97. The number of urea groups is 1. The first-order chi connectivity index (χ1) is 13.6. The fourth-order valence-electron chi connectivity index (χ4n) is 3.45. The van der Waals surface area contributed by atoms with Crippen molar-refractivity contribution in [3.8, 4) is 0 Å². The minimum atomic E-state index is -1.03. The van der Waals surface area contributed by atoms with Gasteiger partial charge in [0.05, 0.1) is 18.6 Å². The maximum absolute atomic E-state index is 12.7. The number of nitrogens with zero attached hydrogens (tertiary/aromatic N) is 3. The quantitative estimate of drug-likeness (QED) is 0.733. The molecular weight excluding hydrogens is 356 g/mol. The Bertz CT molecular complexity index is 985. The highest BCUT2D eigenvalue weighted by atomic mass is 16.4. The van der Waals surface area contributed by atoms with Crippen molar-refractivity contribution in [3.05, 3.63) is 83.9 Å². The van der Waals surface area contributed by atoms with Crippen molar-refractivity contribution in [2.75, 3.05) is 5.32 Å². The number of aromatic nitrogens is 2. The molecule has 1 aromatic heterocycles. The number of hydrogen-bond donors (Lipinski definition) is 2. The number of fused-ring (bicyclic) bond motifs is 1. The third kappa shape index (κ3) is 3.59. The lowest BCUT2D eigenvalue weighted by atomic mass is 10.0. The summed E-state index contributed by atoms with van der Waals surface area (Å²) in [7, 11) is 0. The molecule has 0 saturated heterocycles. The highest BCUT2D eigenvalue weighted by molar-refractivity contribution is 5.92. The predicted molar refractivity (Wildman–Crippen MR) is 104 cm³/mol. The van der Waals surface area contributed by atoms with Crippen LogP contribution in [-0.4, -0.2) is 37.6 Å². The van der Waals surface area contributed by atoms with Gasteiger partial charge in [0, 0.05) is 24.3 Å². The Labute approximate surface area is 162 Å². The Morgan fingerprint density at radius 1 is 1.07 bits per heavy atom. The van der Waals surface area contributed by atoms with Gasteiger partial charge in [0.25, 0.3) is 0 Å². The van der Waals surface area contributed by atoms with E-state index in [0.717, 1.165) is 17.0 Å². The Balaban J connectivity index is 1.57. The molecule has 0 aliphatic carbocycles. The average Bonchev–Trinajstić information content (AvgIpc) is 3.10. The fraction of sp³-hybridized carbons (Fsp3) is 0.190. The molecule has 0 fully saturated rings. The van der Waals surface area contributed by atoms with Crippen molar-refractivity contribution in [1.29, 1.82) is 0 Å². The summed E-state index contributed by atoms with van der Waals surface area (Å²) in [6, 6.07) is 17.5. The van der Waals surface area contributed by atoms with Crippen molar-refractivity contribution in [2.45, 2.75) is 25.6 Å². The molecule has 142 valence electrons. The maximum Gasteiger partial charge on any atom is 0.326 e. The van der Waals surface area contributed by atoms with E-state index in [-0.39, 0.29) is 13.0 Å². The number of anilines is 1. The first-order valence-corrected chi connectivity index (χ1v) is 9.04. The van der Waals surface area contributed by atoms with Crippen molar-refractivity contribution in [3.63, 3.8) is 0 Å². The van der Waals surface area contributed by atoms with Crippen LogP contribution in [0.3, 0.4) is 0 Å². The molecule has 28 heavy (non-hydrogen) atoms. The van der Waals surface area contributed by atoms with Crippen LogP contribution in [0.2, 0.25) is 0 Å². The van der Waals surface area contributed by atoms with Crippen molar-refractivity contribution in [1.82, 2.24) is 14.5 Å². The van der Waals surface area contributed by atoms with E-state index in [9.17, 15) is 14.7 Å². The van der Waals surface area contributed by atoms with Crippen LogP contribution in [0.5, 0.6) is 0 Å². The van der Waals surface area contributed by atoms with Crippen LogP contribution < -0.4 is 5.32 Å². The van der Waals surface area contributed by atoms with Crippen LogP contribution >= 0.6 is 0 Å². The lowest BCUT2D eigenvalue weighted by Crippen LogP contribution is -2.50. The van der Waals surface area contributed by atoms with E-state index in [1.54, 1.807) is 18.5 Å². The second-order valence-electron chi connectivity index (χ2n) is 6.73. The molecule has 2 N–H and O–H groups in total. The van der Waals surface area contributed by atoms with E-state index in [0.29, 0.717) is 12.2 Å². The minimum absolute atomic E-state index is 0.159. The number of carbonyl (C=O) groups excluding carboxylic acids is 1. The molecule has 0 bridgehead atoms. The van der Waals surface area contributed by atoms with Gasteiger partial charge >= 0.3 is 12.0 Å². The number of amides is 2. The summed E-state index contributed by atoms with van der Waals surface area (Å²) >= 11 is 0. The molecule has 3 aromatic rings. The molecule has 1 aliphatic heterocycles. The van der Waals surface area contributed by atoms with Crippen molar-refractivity contribution < 1.29 is 14.7 Å². The molecule has 1 atom stereocenters. The number of para-hydroxylation sites is 1. The molecule has 2 amide bonds. The number of benzene rings is 2. The molecule has 0 unspecified atom stereocenters. The maximum atomic E-state index is 12.7. The summed E-state index contributed by atoms with van der Waals surface area (Å²) < 4.78 is 1.97. The Kier molecular flexibility index (Phi) is 4.80. The number of carbonyl (C=O) groups is 2. The van der Waals surface area contributed by atoms with Crippen LogP contribution in [0.4, 0.5) is 10.5 Å². The van der Waals surface area contributed by atoms with Gasteiger partial charge in [-0.15, -0.1) is 0 Å². The Morgan fingerprint density at radius 2 is 1.75 bits per heavy atom. The van der Waals surface area contributed by atoms with Gasteiger partial charge in [-0.05, 0) is 17.7 Å². The van der Waals surface area contributed by atoms with E-state index in [1.165, 1.54) is 4.90 Å². The van der Waals surface area contributed by atoms with Crippen LogP contribution in [0.1, 0.15) is 17.0 Å². The van der Waals surface area contributed by atoms with Gasteiger partial charge in [-0.1, -0.05) is 48.5 Å². The monoisotopic (exact) mass is 376 g/mol. The SMILES string of the molecule is O=C(O)[C@@H]1Cc2c(ncn2Cc2ccccc2)CN1C(=O)Nc1ccccc1. The van der Waals surface area contributed by atoms with Gasteiger partial charge in [0.15, 0.2) is 0 Å². The van der Waals surface area contributed by atoms with Crippen LogP contribution in [0.15, 0.2) is 67.0 Å². The van der Waals surface area contributed by atoms with Crippen LogP contribution in [-0.2, 0) is 24.3 Å². The zero-order valence-electron chi connectivity index (χ0n) is 15.2. The number of aliphatic carboxylic acids is 1. The van der Waals surface area contributed by atoms with Crippen LogP contribution in [0, 0.1) is 0 Å². The third-order valence-electron chi connectivity index (χ3n) is 4.88. The minimum Gasteiger partial charge on any atom is -0.480 e. The smallest absolute Gasteiger partial charge is 0.326 e. The summed E-state index contributed by atoms with van der Waals surface area (Å²) in [6.45, 7) is 0.776. The topological polar surface area (TPSA) is 87.5 Å². The average molecular weight is 376 g/mol. The molecule has 7 heteroatoms. The highest BCUT2D eigenvalue weighted by Crippen LogP contribution is 2.24. The number of imidazole rings is 1. The zero-order valence-corrected chi connectivity index (χ0v) is 15.2. The van der Waals surface area contributed by atoms with E-state index in [1.807, 2.05) is 53.1 Å². The van der Waals surface area contributed by atoms with Crippen LogP contribution in [0.25, 0.3) is 0 Å². The fourth-order valence-corrected chi connectivity index (χ4v) is 3.45. The van der Waals surface area contributed by atoms with E-state index < -0.39 is 18.0 Å². The van der Waals surface area contributed by atoms with Gasteiger partial charge in [0.2, 0.25) is 0 Å². The van der Waals surface area contributed by atoms with Gasteiger partial charge in [-0.2, -0.15) is 0 Å². The number of hydrogen-bond acceptors (Lipinski definition) is 3. The first-order valence-electron chi connectivity index (χ1n) is 9.04. The molecule has 4 rings (SSSR count). The van der Waals surface area contributed by atoms with Crippen molar-refractivity contribution >= 4 is 17.7 Å². The normalized spacial score (nSPS) is 15.7. The Hall–Kier alpha value is -3.61. The lowest BCUT2D eigenvalue weighted by molar-refractivity contribution is -0.142. The molecular formula is C21H20N4O3. The number of carboxylic acids is 1. The molecule has 7 nitrogen and oxygen atoms in total. The molecule has 0 spiro atoms. The standard InChI is InChI=1S/C21H20N4O3/c26-20(27)19-11-18-17(22-14-24(18)12-15-7-3-1-4-8-15)13-25(19)21(28)23-16-9-5-2-6-10-16/h1-10,14,19H,11-13H2,(H,23,28)(H,26,27)/t19-/m0/s1. The summed E-state index contributed by atoms with van der Waals surface area (Å²) in [4.78, 5) is 30.3. The molecule has 0 saturated carbocycles. The number of nitrogens with one attached hydrogen (secondary N) is 1. The molecule has 2 aromatic carbocycles. The summed E-state index contributed by atoms with van der Waals surface area (Å²) in [5.41, 5.74) is 3.33.